The SMILES string of the molecule is CCN(c1ccc(CC(C)N)cc1Br)C1CC1. The fraction of sp³-hybridized carbons (Fsp3) is 0.571. The Morgan fingerprint density at radius 1 is 1.47 bits per heavy atom. The average molecular weight is 297 g/mol. The maximum atomic E-state index is 5.83. The first kappa shape index (κ1) is 12.9. The molecule has 1 atom stereocenters. The fourth-order valence-corrected chi connectivity index (χ4v) is 2.95. The fourth-order valence-electron chi connectivity index (χ4n) is 2.29. The second kappa shape index (κ2) is 5.40. The summed E-state index contributed by atoms with van der Waals surface area (Å²) in [5.74, 6) is 0. The van der Waals surface area contributed by atoms with Crippen molar-refractivity contribution in [3.8, 4) is 0 Å². The van der Waals surface area contributed by atoms with E-state index in [1.165, 1.54) is 28.6 Å². The van der Waals surface area contributed by atoms with Crippen LogP contribution in [0.1, 0.15) is 32.3 Å². The molecule has 0 aliphatic heterocycles. The highest BCUT2D eigenvalue weighted by atomic mass is 79.9. The van der Waals surface area contributed by atoms with Gasteiger partial charge in [-0.25, -0.2) is 0 Å². The molecule has 17 heavy (non-hydrogen) atoms. The van der Waals surface area contributed by atoms with Crippen molar-refractivity contribution < 1.29 is 0 Å². The number of hydrogen-bond acceptors (Lipinski definition) is 2. The zero-order valence-electron chi connectivity index (χ0n) is 10.6. The van der Waals surface area contributed by atoms with Crippen molar-refractivity contribution in [2.45, 2.75) is 45.2 Å². The average Bonchev–Trinajstić information content (AvgIpc) is 3.05. The van der Waals surface area contributed by atoms with E-state index in [4.69, 9.17) is 5.73 Å². The zero-order valence-corrected chi connectivity index (χ0v) is 12.2. The predicted octanol–water partition coefficient (Wildman–Crippen LogP) is 3.33. The van der Waals surface area contributed by atoms with Crippen molar-refractivity contribution in [1.29, 1.82) is 0 Å². The van der Waals surface area contributed by atoms with E-state index < -0.39 is 0 Å². The van der Waals surface area contributed by atoms with E-state index in [0.717, 1.165) is 19.0 Å². The Morgan fingerprint density at radius 3 is 2.65 bits per heavy atom. The molecule has 2 N–H and O–H groups in total. The smallest absolute Gasteiger partial charge is 0.0513 e. The van der Waals surface area contributed by atoms with E-state index >= 15 is 0 Å². The second-order valence-electron chi connectivity index (χ2n) is 4.98. The number of nitrogens with two attached hydrogens (primary N) is 1. The number of halogens is 1. The van der Waals surface area contributed by atoms with Gasteiger partial charge >= 0.3 is 0 Å². The quantitative estimate of drug-likeness (QED) is 0.903. The zero-order chi connectivity index (χ0) is 12.4. The Labute approximate surface area is 112 Å². The molecular weight excluding hydrogens is 276 g/mol. The third kappa shape index (κ3) is 3.23. The van der Waals surface area contributed by atoms with E-state index in [9.17, 15) is 0 Å². The number of anilines is 1. The normalized spacial score (nSPS) is 16.9. The Balaban J connectivity index is 2.18. The van der Waals surface area contributed by atoms with Gasteiger partial charge in [-0.2, -0.15) is 0 Å². The first-order chi connectivity index (χ1) is 8.11. The minimum absolute atomic E-state index is 0.221. The Morgan fingerprint density at radius 2 is 2.18 bits per heavy atom. The standard InChI is InChI=1S/C14H21BrN2/c1-3-17(12-5-6-12)14-7-4-11(8-10(2)16)9-13(14)15/h4,7,9-10,12H,3,5-6,8,16H2,1-2H3. The Kier molecular flexibility index (Phi) is 4.10. The van der Waals surface area contributed by atoms with Crippen molar-refractivity contribution >= 4 is 21.6 Å². The summed E-state index contributed by atoms with van der Waals surface area (Å²) in [4.78, 5) is 2.49. The Hall–Kier alpha value is -0.540. The van der Waals surface area contributed by atoms with Crippen LogP contribution in [0, 0.1) is 0 Å². The summed E-state index contributed by atoms with van der Waals surface area (Å²) < 4.78 is 1.20. The van der Waals surface area contributed by atoms with Crippen LogP contribution in [0.5, 0.6) is 0 Å². The highest BCUT2D eigenvalue weighted by Crippen LogP contribution is 2.36. The Bertz CT molecular complexity index is 386. The van der Waals surface area contributed by atoms with Crippen LogP contribution < -0.4 is 10.6 Å². The molecule has 1 aliphatic carbocycles. The molecular formula is C14H21BrN2. The second-order valence-corrected chi connectivity index (χ2v) is 5.84. The number of nitrogens with zero attached hydrogens (tertiary/aromatic N) is 1. The number of hydrogen-bond donors (Lipinski definition) is 1. The van der Waals surface area contributed by atoms with Crippen LogP contribution in [0.4, 0.5) is 5.69 Å². The molecule has 0 amide bonds. The summed E-state index contributed by atoms with van der Waals surface area (Å²) in [6.45, 7) is 5.35. The third-order valence-electron chi connectivity index (χ3n) is 3.21. The lowest BCUT2D eigenvalue weighted by molar-refractivity contribution is 0.737. The molecule has 94 valence electrons. The first-order valence-corrected chi connectivity index (χ1v) is 7.21. The van der Waals surface area contributed by atoms with E-state index in [1.807, 2.05) is 6.92 Å². The lowest BCUT2D eigenvalue weighted by Crippen LogP contribution is -2.25. The molecule has 0 spiro atoms. The van der Waals surface area contributed by atoms with Gasteiger partial charge in [0.05, 0.1) is 5.69 Å². The molecule has 2 nitrogen and oxygen atoms in total. The van der Waals surface area contributed by atoms with Gasteiger partial charge in [-0.3, -0.25) is 0 Å². The monoisotopic (exact) mass is 296 g/mol. The summed E-state index contributed by atoms with van der Waals surface area (Å²) >= 11 is 3.69. The lowest BCUT2D eigenvalue weighted by atomic mass is 10.1. The lowest BCUT2D eigenvalue weighted by Gasteiger charge is -2.24. The van der Waals surface area contributed by atoms with Gasteiger partial charge in [-0.15, -0.1) is 0 Å². The molecule has 1 saturated carbocycles. The van der Waals surface area contributed by atoms with Gasteiger partial charge in [-0.1, -0.05) is 6.07 Å². The van der Waals surface area contributed by atoms with E-state index in [1.54, 1.807) is 0 Å². The van der Waals surface area contributed by atoms with Crippen LogP contribution in [0.25, 0.3) is 0 Å². The number of rotatable bonds is 5. The first-order valence-electron chi connectivity index (χ1n) is 6.42. The van der Waals surface area contributed by atoms with Crippen molar-refractivity contribution in [3.05, 3.63) is 28.2 Å². The molecule has 0 saturated heterocycles. The molecule has 0 radical (unpaired) electrons. The van der Waals surface area contributed by atoms with Crippen molar-refractivity contribution in [1.82, 2.24) is 0 Å². The van der Waals surface area contributed by atoms with Crippen LogP contribution in [-0.4, -0.2) is 18.6 Å². The van der Waals surface area contributed by atoms with Gasteiger partial charge in [-0.05, 0) is 66.7 Å². The van der Waals surface area contributed by atoms with Gasteiger partial charge in [0.1, 0.15) is 0 Å². The molecule has 2 rings (SSSR count). The summed E-state index contributed by atoms with van der Waals surface area (Å²) in [6.07, 6.45) is 3.61. The van der Waals surface area contributed by atoms with E-state index in [0.29, 0.717) is 0 Å². The molecule has 1 aliphatic rings. The molecule has 1 aromatic rings. The highest BCUT2D eigenvalue weighted by Gasteiger charge is 2.29. The van der Waals surface area contributed by atoms with Gasteiger partial charge in [0.15, 0.2) is 0 Å². The van der Waals surface area contributed by atoms with Crippen LogP contribution in [0.15, 0.2) is 22.7 Å². The minimum atomic E-state index is 0.221. The predicted molar refractivity (Wildman–Crippen MR) is 77.5 cm³/mol. The summed E-state index contributed by atoms with van der Waals surface area (Å²) in [5.41, 5.74) is 8.46. The van der Waals surface area contributed by atoms with Crippen LogP contribution in [0.3, 0.4) is 0 Å². The molecule has 0 heterocycles. The van der Waals surface area contributed by atoms with Crippen molar-refractivity contribution in [3.63, 3.8) is 0 Å². The summed E-state index contributed by atoms with van der Waals surface area (Å²) in [5, 5.41) is 0. The third-order valence-corrected chi connectivity index (χ3v) is 3.84. The van der Waals surface area contributed by atoms with Gasteiger partial charge in [0.2, 0.25) is 0 Å². The van der Waals surface area contributed by atoms with Crippen molar-refractivity contribution in [2.24, 2.45) is 5.73 Å². The maximum absolute atomic E-state index is 5.83. The molecule has 0 aromatic heterocycles. The van der Waals surface area contributed by atoms with Gasteiger partial charge in [0, 0.05) is 23.1 Å². The van der Waals surface area contributed by atoms with Crippen molar-refractivity contribution in [2.75, 3.05) is 11.4 Å². The molecule has 0 bridgehead atoms. The van der Waals surface area contributed by atoms with Gasteiger partial charge in [0.25, 0.3) is 0 Å². The molecule has 1 aromatic carbocycles. The summed E-state index contributed by atoms with van der Waals surface area (Å²) in [7, 11) is 0. The number of benzene rings is 1. The van der Waals surface area contributed by atoms with Gasteiger partial charge < -0.3 is 10.6 Å². The maximum Gasteiger partial charge on any atom is 0.0513 e. The molecule has 3 heteroatoms. The van der Waals surface area contributed by atoms with E-state index in [-0.39, 0.29) is 6.04 Å². The topological polar surface area (TPSA) is 29.3 Å². The molecule has 1 unspecified atom stereocenters. The summed E-state index contributed by atoms with van der Waals surface area (Å²) in [6, 6.07) is 7.62. The van der Waals surface area contributed by atoms with Crippen LogP contribution >= 0.6 is 15.9 Å². The highest BCUT2D eigenvalue weighted by molar-refractivity contribution is 9.10. The van der Waals surface area contributed by atoms with Crippen LogP contribution in [-0.2, 0) is 6.42 Å². The van der Waals surface area contributed by atoms with Crippen LogP contribution in [0.2, 0.25) is 0 Å². The van der Waals surface area contributed by atoms with E-state index in [2.05, 4.69) is 46.0 Å². The minimum Gasteiger partial charge on any atom is -0.368 e. The largest absolute Gasteiger partial charge is 0.368 e. The molecule has 1 fully saturated rings.